The third-order valence-electron chi connectivity index (χ3n) is 5.01. The van der Waals surface area contributed by atoms with E-state index < -0.39 is 0 Å². The summed E-state index contributed by atoms with van der Waals surface area (Å²) in [6.07, 6.45) is 7.81. The van der Waals surface area contributed by atoms with Gasteiger partial charge in [0.05, 0.1) is 7.11 Å². The highest BCUT2D eigenvalue weighted by molar-refractivity contribution is 5.85. The molecule has 5 heteroatoms. The lowest BCUT2D eigenvalue weighted by atomic mass is 10.1. The van der Waals surface area contributed by atoms with E-state index in [9.17, 15) is 4.39 Å². The van der Waals surface area contributed by atoms with Gasteiger partial charge < -0.3 is 14.8 Å². The van der Waals surface area contributed by atoms with Crippen molar-refractivity contribution in [3.63, 3.8) is 0 Å². The summed E-state index contributed by atoms with van der Waals surface area (Å²) in [4.78, 5) is 0. The highest BCUT2D eigenvalue weighted by atomic mass is 35.5. The molecular weight excluding hydrogens is 365 g/mol. The number of hydrogen-bond acceptors (Lipinski definition) is 3. The fraction of sp³-hybridized carbons (Fsp3) is 0.455. The van der Waals surface area contributed by atoms with Crippen LogP contribution in [0.5, 0.6) is 11.5 Å². The molecule has 0 saturated heterocycles. The van der Waals surface area contributed by atoms with Crippen LogP contribution in [0.4, 0.5) is 4.39 Å². The van der Waals surface area contributed by atoms with Gasteiger partial charge in [-0.25, -0.2) is 4.39 Å². The monoisotopic (exact) mass is 393 g/mol. The zero-order valence-corrected chi connectivity index (χ0v) is 16.7. The summed E-state index contributed by atoms with van der Waals surface area (Å²) >= 11 is 0. The first kappa shape index (κ1) is 21.5. The Morgan fingerprint density at radius 2 is 1.70 bits per heavy atom. The summed E-state index contributed by atoms with van der Waals surface area (Å²) in [5, 5.41) is 3.69. The molecule has 0 amide bonds. The van der Waals surface area contributed by atoms with Crippen LogP contribution < -0.4 is 14.8 Å². The van der Waals surface area contributed by atoms with Crippen molar-refractivity contribution >= 4 is 12.4 Å². The quantitative estimate of drug-likeness (QED) is 0.617. The summed E-state index contributed by atoms with van der Waals surface area (Å²) in [7, 11) is 1.66. The van der Waals surface area contributed by atoms with Gasteiger partial charge in [0, 0.05) is 18.2 Å². The molecule has 27 heavy (non-hydrogen) atoms. The van der Waals surface area contributed by atoms with Gasteiger partial charge in [-0.15, -0.1) is 12.4 Å². The van der Waals surface area contributed by atoms with Gasteiger partial charge in [0.25, 0.3) is 0 Å². The van der Waals surface area contributed by atoms with E-state index >= 15 is 0 Å². The topological polar surface area (TPSA) is 30.5 Å². The number of nitrogens with one attached hydrogen (secondary N) is 1. The Hall–Kier alpha value is -1.78. The summed E-state index contributed by atoms with van der Waals surface area (Å²) in [5.41, 5.74) is 2.02. The van der Waals surface area contributed by atoms with Crippen molar-refractivity contribution in [2.24, 2.45) is 0 Å². The Balaban J connectivity index is 0.00000261. The maximum Gasteiger partial charge on any atom is 0.166 e. The number of methoxy groups -OCH3 is 1. The average Bonchev–Trinajstić information content (AvgIpc) is 2.95. The Morgan fingerprint density at radius 1 is 1.00 bits per heavy atom. The second kappa shape index (κ2) is 11.2. The Kier molecular flexibility index (Phi) is 8.89. The second-order valence-corrected chi connectivity index (χ2v) is 6.93. The number of hydrogen-bond donors (Lipinski definition) is 1. The minimum atomic E-state index is -0.237. The van der Waals surface area contributed by atoms with E-state index in [0.717, 1.165) is 29.2 Å². The Bertz CT molecular complexity index is 685. The molecule has 0 unspecified atom stereocenters. The van der Waals surface area contributed by atoms with E-state index in [1.165, 1.54) is 50.7 Å². The average molecular weight is 394 g/mol. The first-order valence-corrected chi connectivity index (χ1v) is 9.53. The molecule has 0 aliphatic heterocycles. The SMILES string of the molecule is COc1cccc(CNC2CCCCCC2)c1OCc1ccc(F)cc1.Cl. The van der Waals surface area contributed by atoms with Crippen LogP contribution in [0.1, 0.15) is 49.7 Å². The van der Waals surface area contributed by atoms with Crippen LogP contribution in [-0.2, 0) is 13.2 Å². The summed E-state index contributed by atoms with van der Waals surface area (Å²) in [6.45, 7) is 1.15. The Labute approximate surface area is 167 Å². The van der Waals surface area contributed by atoms with Crippen LogP contribution in [-0.4, -0.2) is 13.2 Å². The molecule has 0 atom stereocenters. The van der Waals surface area contributed by atoms with E-state index in [4.69, 9.17) is 9.47 Å². The van der Waals surface area contributed by atoms with Gasteiger partial charge >= 0.3 is 0 Å². The second-order valence-electron chi connectivity index (χ2n) is 6.93. The zero-order valence-electron chi connectivity index (χ0n) is 15.9. The van der Waals surface area contributed by atoms with Crippen molar-refractivity contribution in [1.82, 2.24) is 5.32 Å². The molecule has 3 rings (SSSR count). The lowest BCUT2D eigenvalue weighted by Crippen LogP contribution is -2.28. The van der Waals surface area contributed by atoms with E-state index in [2.05, 4.69) is 11.4 Å². The minimum Gasteiger partial charge on any atom is -0.493 e. The van der Waals surface area contributed by atoms with Crippen molar-refractivity contribution in [2.45, 2.75) is 57.7 Å². The summed E-state index contributed by atoms with van der Waals surface area (Å²) in [6, 6.07) is 13.0. The van der Waals surface area contributed by atoms with Gasteiger partial charge in [0.2, 0.25) is 0 Å². The molecule has 1 aliphatic rings. The third-order valence-corrected chi connectivity index (χ3v) is 5.01. The van der Waals surface area contributed by atoms with E-state index in [1.54, 1.807) is 19.2 Å². The fourth-order valence-electron chi connectivity index (χ4n) is 3.50. The smallest absolute Gasteiger partial charge is 0.166 e. The van der Waals surface area contributed by atoms with Crippen molar-refractivity contribution in [2.75, 3.05) is 7.11 Å². The van der Waals surface area contributed by atoms with Crippen molar-refractivity contribution < 1.29 is 13.9 Å². The van der Waals surface area contributed by atoms with Gasteiger partial charge in [-0.2, -0.15) is 0 Å². The van der Waals surface area contributed by atoms with E-state index in [1.807, 2.05) is 12.1 Å². The molecule has 3 nitrogen and oxygen atoms in total. The summed E-state index contributed by atoms with van der Waals surface area (Å²) < 4.78 is 24.6. The predicted octanol–water partition coefficient (Wildman–Crippen LogP) is 5.65. The van der Waals surface area contributed by atoms with Gasteiger partial charge in [-0.1, -0.05) is 49.9 Å². The lowest BCUT2D eigenvalue weighted by Gasteiger charge is -2.19. The number of halogens is 2. The van der Waals surface area contributed by atoms with Crippen molar-refractivity contribution in [1.29, 1.82) is 0 Å². The van der Waals surface area contributed by atoms with E-state index in [0.29, 0.717) is 12.6 Å². The molecule has 1 N–H and O–H groups in total. The van der Waals surface area contributed by atoms with Crippen molar-refractivity contribution in [3.05, 3.63) is 59.4 Å². The Morgan fingerprint density at radius 3 is 2.37 bits per heavy atom. The number of benzene rings is 2. The minimum absolute atomic E-state index is 0. The maximum absolute atomic E-state index is 13.1. The largest absolute Gasteiger partial charge is 0.493 e. The molecule has 0 spiro atoms. The van der Waals surface area contributed by atoms with Crippen LogP contribution >= 0.6 is 12.4 Å². The van der Waals surface area contributed by atoms with Crippen molar-refractivity contribution in [3.8, 4) is 11.5 Å². The normalized spacial score (nSPS) is 14.9. The van der Waals surface area contributed by atoms with Gasteiger partial charge in [0.15, 0.2) is 11.5 Å². The molecule has 0 radical (unpaired) electrons. The molecule has 2 aromatic rings. The van der Waals surface area contributed by atoms with Crippen LogP contribution in [0.3, 0.4) is 0 Å². The molecule has 1 saturated carbocycles. The van der Waals surface area contributed by atoms with Crippen LogP contribution in [0.15, 0.2) is 42.5 Å². The van der Waals surface area contributed by atoms with Crippen LogP contribution in [0, 0.1) is 5.82 Å². The molecule has 1 fully saturated rings. The number of ether oxygens (including phenoxy) is 2. The van der Waals surface area contributed by atoms with Crippen LogP contribution in [0.25, 0.3) is 0 Å². The molecule has 1 aliphatic carbocycles. The molecular formula is C22H29ClFNO2. The van der Waals surface area contributed by atoms with Gasteiger partial charge in [-0.3, -0.25) is 0 Å². The molecule has 0 aromatic heterocycles. The van der Waals surface area contributed by atoms with E-state index in [-0.39, 0.29) is 18.2 Å². The van der Waals surface area contributed by atoms with Crippen LogP contribution in [0.2, 0.25) is 0 Å². The molecule has 0 bridgehead atoms. The highest BCUT2D eigenvalue weighted by Gasteiger charge is 2.15. The highest BCUT2D eigenvalue weighted by Crippen LogP contribution is 2.32. The molecule has 2 aromatic carbocycles. The molecule has 0 heterocycles. The first-order valence-electron chi connectivity index (χ1n) is 9.53. The molecule has 148 valence electrons. The summed E-state index contributed by atoms with van der Waals surface area (Å²) in [5.74, 6) is 1.26. The van der Waals surface area contributed by atoms with Gasteiger partial charge in [-0.05, 0) is 36.6 Å². The third kappa shape index (κ3) is 6.40. The number of rotatable bonds is 7. The lowest BCUT2D eigenvalue weighted by molar-refractivity contribution is 0.279. The fourth-order valence-corrected chi connectivity index (χ4v) is 3.50. The zero-order chi connectivity index (χ0) is 18.2. The standard InChI is InChI=1S/C22H28FNO2.ClH/c1-25-21-10-6-7-18(15-24-20-8-4-2-3-5-9-20)22(21)26-16-17-11-13-19(23)14-12-17;/h6-7,10-14,20,24H,2-5,8-9,15-16H2,1H3;1H. The first-order chi connectivity index (χ1) is 12.8. The van der Waals surface area contributed by atoms with Gasteiger partial charge in [0.1, 0.15) is 12.4 Å². The number of para-hydroxylation sites is 1. The predicted molar refractivity (Wildman–Crippen MR) is 109 cm³/mol. The maximum atomic E-state index is 13.1.